The average molecular weight is 451 g/mol. The molecular weight excluding hydrogens is 438 g/mol. The summed E-state index contributed by atoms with van der Waals surface area (Å²) in [7, 11) is 0. The lowest BCUT2D eigenvalue weighted by molar-refractivity contribution is -0.0497. The summed E-state index contributed by atoms with van der Waals surface area (Å²) in [5.41, 5.74) is 0.801. The van der Waals surface area contributed by atoms with Crippen LogP contribution in [0.3, 0.4) is 0 Å². The molecule has 0 spiro atoms. The Labute approximate surface area is 177 Å². The summed E-state index contributed by atoms with van der Waals surface area (Å²) in [6, 6.07) is 12.9. The first-order valence-corrected chi connectivity index (χ1v) is 9.75. The van der Waals surface area contributed by atoms with Crippen LogP contribution in [0.4, 0.5) is 13.9 Å². The van der Waals surface area contributed by atoms with Crippen molar-refractivity contribution in [2.24, 2.45) is 0 Å². The number of nitrogens with zero attached hydrogens (tertiary/aromatic N) is 3. The van der Waals surface area contributed by atoms with Gasteiger partial charge in [-0.3, -0.25) is 10.1 Å². The number of carbonyl (C=O) groups excluding carboxylic acids is 1. The van der Waals surface area contributed by atoms with E-state index in [1.807, 2.05) is 0 Å². The van der Waals surface area contributed by atoms with Crippen molar-refractivity contribution in [3.8, 4) is 11.5 Å². The molecule has 1 amide bonds. The van der Waals surface area contributed by atoms with Gasteiger partial charge in [-0.25, -0.2) is 9.67 Å². The lowest BCUT2D eigenvalue weighted by Gasteiger charge is -2.10. The molecule has 11 heteroatoms. The number of halogens is 3. The normalized spacial score (nSPS) is 11.1. The highest BCUT2D eigenvalue weighted by molar-refractivity contribution is 7.22. The maximum absolute atomic E-state index is 12.7. The number of fused-ring (bicyclic) bond motifs is 1. The van der Waals surface area contributed by atoms with E-state index in [2.05, 4.69) is 20.1 Å². The summed E-state index contributed by atoms with van der Waals surface area (Å²) in [5, 5.41) is 7.52. The summed E-state index contributed by atoms with van der Waals surface area (Å²) in [4.78, 5) is 16.9. The van der Waals surface area contributed by atoms with Crippen molar-refractivity contribution >= 4 is 44.2 Å². The molecule has 4 rings (SSSR count). The minimum Gasteiger partial charge on any atom is -0.470 e. The van der Waals surface area contributed by atoms with Gasteiger partial charge in [0.05, 0.1) is 15.2 Å². The van der Waals surface area contributed by atoms with Crippen molar-refractivity contribution in [3.05, 3.63) is 65.4 Å². The monoisotopic (exact) mass is 450 g/mol. The third-order valence-electron chi connectivity index (χ3n) is 3.93. The van der Waals surface area contributed by atoms with Crippen LogP contribution in [-0.4, -0.2) is 27.3 Å². The summed E-state index contributed by atoms with van der Waals surface area (Å²) in [6.45, 7) is -2.93. The number of amides is 1. The maximum Gasteiger partial charge on any atom is 0.387 e. The summed E-state index contributed by atoms with van der Waals surface area (Å²) in [6.07, 6.45) is 1.47. The van der Waals surface area contributed by atoms with Gasteiger partial charge in [-0.15, -0.1) is 0 Å². The topological polar surface area (TPSA) is 78.3 Å². The molecule has 0 atom stereocenters. The molecule has 0 saturated heterocycles. The number of carbonyl (C=O) groups is 1. The van der Waals surface area contributed by atoms with Gasteiger partial charge < -0.3 is 9.47 Å². The van der Waals surface area contributed by atoms with Crippen molar-refractivity contribution in [1.82, 2.24) is 14.8 Å². The van der Waals surface area contributed by atoms with Gasteiger partial charge in [0, 0.05) is 6.20 Å². The predicted octanol–water partition coefficient (Wildman–Crippen LogP) is 5.04. The van der Waals surface area contributed by atoms with Crippen molar-refractivity contribution in [2.75, 3.05) is 5.32 Å². The highest BCUT2D eigenvalue weighted by Crippen LogP contribution is 2.30. The number of rotatable bonds is 7. The van der Waals surface area contributed by atoms with Gasteiger partial charge >= 0.3 is 6.61 Å². The Bertz CT molecular complexity index is 1200. The number of anilines is 1. The second-order valence-corrected chi connectivity index (χ2v) is 7.34. The van der Waals surface area contributed by atoms with E-state index in [9.17, 15) is 13.6 Å². The van der Waals surface area contributed by atoms with E-state index in [4.69, 9.17) is 16.3 Å². The summed E-state index contributed by atoms with van der Waals surface area (Å²) in [5.74, 6) is 0.0428. The Morgan fingerprint density at radius 3 is 2.87 bits per heavy atom. The molecule has 7 nitrogen and oxygen atoms in total. The van der Waals surface area contributed by atoms with Gasteiger partial charge in [-0.05, 0) is 36.4 Å². The second kappa shape index (κ2) is 8.64. The zero-order valence-corrected chi connectivity index (χ0v) is 16.7. The van der Waals surface area contributed by atoms with Crippen molar-refractivity contribution < 1.29 is 23.0 Å². The summed E-state index contributed by atoms with van der Waals surface area (Å²) < 4.78 is 36.7. The lowest BCUT2D eigenvalue weighted by Crippen LogP contribution is -2.19. The number of benzene rings is 2. The zero-order valence-electron chi connectivity index (χ0n) is 15.1. The number of alkyl halides is 2. The number of hydrogen-bond donors (Lipinski definition) is 1. The molecule has 0 bridgehead atoms. The van der Waals surface area contributed by atoms with Crippen LogP contribution in [0.2, 0.25) is 5.02 Å². The van der Waals surface area contributed by atoms with Crippen LogP contribution in [0.1, 0.15) is 10.5 Å². The number of thiazole rings is 1. The van der Waals surface area contributed by atoms with E-state index < -0.39 is 12.5 Å². The van der Waals surface area contributed by atoms with Gasteiger partial charge in [0.2, 0.25) is 0 Å². The van der Waals surface area contributed by atoms with Crippen molar-refractivity contribution in [2.45, 2.75) is 13.3 Å². The van der Waals surface area contributed by atoms with E-state index in [1.54, 1.807) is 30.3 Å². The number of aromatic nitrogens is 3. The summed E-state index contributed by atoms with van der Waals surface area (Å²) >= 11 is 7.20. The van der Waals surface area contributed by atoms with Crippen molar-refractivity contribution in [3.63, 3.8) is 0 Å². The lowest BCUT2D eigenvalue weighted by atomic mass is 10.3. The Morgan fingerprint density at radius 2 is 2.07 bits per heavy atom. The molecule has 0 aliphatic rings. The molecule has 2 aromatic carbocycles. The number of para-hydroxylation sites is 1. The standard InChI is InChI=1S/C19H13ClF2N4O3S/c20-12-3-1-2-4-15(12)28-10-26-14(7-8-23-26)17(27)25-19-24-13-6-5-11(29-18(21)22)9-16(13)30-19/h1-9,18H,10H2,(H,24,25,27). The second-order valence-electron chi connectivity index (χ2n) is 5.90. The molecule has 0 aliphatic heterocycles. The van der Waals surface area contributed by atoms with Gasteiger partial charge in [-0.2, -0.15) is 13.9 Å². The molecular formula is C19H13ClF2N4O3S. The first kappa shape index (κ1) is 20.0. The van der Waals surface area contributed by atoms with Crippen LogP contribution < -0.4 is 14.8 Å². The Hall–Kier alpha value is -3.24. The van der Waals surface area contributed by atoms with E-state index >= 15 is 0 Å². The van der Waals surface area contributed by atoms with Gasteiger partial charge in [0.15, 0.2) is 11.9 Å². The molecule has 30 heavy (non-hydrogen) atoms. The first-order chi connectivity index (χ1) is 14.5. The minimum atomic E-state index is -2.91. The van der Waals surface area contributed by atoms with Crippen LogP contribution in [-0.2, 0) is 6.73 Å². The molecule has 0 unspecified atom stereocenters. The van der Waals surface area contributed by atoms with Crippen LogP contribution in [0.15, 0.2) is 54.7 Å². The Morgan fingerprint density at radius 1 is 1.23 bits per heavy atom. The Kier molecular flexibility index (Phi) is 5.77. The molecule has 154 valence electrons. The number of nitrogens with one attached hydrogen (secondary N) is 1. The fourth-order valence-corrected chi connectivity index (χ4v) is 3.70. The smallest absolute Gasteiger partial charge is 0.387 e. The van der Waals surface area contributed by atoms with E-state index in [1.165, 1.54) is 29.1 Å². The number of hydrogen-bond acceptors (Lipinski definition) is 6. The molecule has 0 radical (unpaired) electrons. The first-order valence-electron chi connectivity index (χ1n) is 8.55. The van der Waals surface area contributed by atoms with Crippen LogP contribution in [0.25, 0.3) is 10.2 Å². The minimum absolute atomic E-state index is 0.0202. The fraction of sp³-hybridized carbons (Fsp3) is 0.105. The molecule has 4 aromatic rings. The van der Waals surface area contributed by atoms with Crippen LogP contribution >= 0.6 is 22.9 Å². The van der Waals surface area contributed by atoms with Crippen molar-refractivity contribution in [1.29, 1.82) is 0 Å². The largest absolute Gasteiger partial charge is 0.470 e. The number of ether oxygens (including phenoxy) is 2. The third-order valence-corrected chi connectivity index (χ3v) is 5.18. The fourth-order valence-electron chi connectivity index (χ4n) is 2.62. The maximum atomic E-state index is 12.7. The quantitative estimate of drug-likeness (QED) is 0.427. The van der Waals surface area contributed by atoms with E-state index in [-0.39, 0.29) is 18.2 Å². The van der Waals surface area contributed by atoms with Crippen LogP contribution in [0, 0.1) is 0 Å². The molecule has 0 aliphatic carbocycles. The zero-order chi connectivity index (χ0) is 21.1. The molecule has 1 N–H and O–H groups in total. The average Bonchev–Trinajstić information content (AvgIpc) is 3.33. The SMILES string of the molecule is O=C(Nc1nc2ccc(OC(F)F)cc2s1)c1ccnn1COc1ccccc1Cl. The van der Waals surface area contributed by atoms with Crippen LogP contribution in [0.5, 0.6) is 11.5 Å². The highest BCUT2D eigenvalue weighted by atomic mass is 35.5. The Balaban J connectivity index is 1.47. The van der Waals surface area contributed by atoms with Gasteiger partial charge in [-0.1, -0.05) is 35.1 Å². The molecule has 0 saturated carbocycles. The molecule has 2 aromatic heterocycles. The van der Waals surface area contributed by atoms with E-state index in [0.29, 0.717) is 26.1 Å². The van der Waals surface area contributed by atoms with Gasteiger partial charge in [0.1, 0.15) is 17.2 Å². The van der Waals surface area contributed by atoms with E-state index in [0.717, 1.165) is 11.3 Å². The third kappa shape index (κ3) is 4.50. The molecule has 2 heterocycles. The van der Waals surface area contributed by atoms with Gasteiger partial charge in [0.25, 0.3) is 5.91 Å². The molecule has 0 fully saturated rings. The predicted molar refractivity (Wildman–Crippen MR) is 109 cm³/mol. The highest BCUT2D eigenvalue weighted by Gasteiger charge is 2.16.